The van der Waals surface area contributed by atoms with Crippen LogP contribution in [0.15, 0.2) is 23.1 Å². The molecule has 2 N–H and O–H groups in total. The van der Waals surface area contributed by atoms with Crippen LogP contribution < -0.4 is 5.73 Å². The Hall–Kier alpha value is -1.17. The number of thioether (sulfide) groups is 1. The lowest BCUT2D eigenvalue weighted by atomic mass is 10.1. The van der Waals surface area contributed by atoms with Crippen molar-refractivity contribution < 1.29 is 18.0 Å². The lowest BCUT2D eigenvalue weighted by Gasteiger charge is -2.09. The number of carbonyl (C=O) groups excluding carboxylic acids is 1. The van der Waals surface area contributed by atoms with E-state index in [1.165, 1.54) is 18.2 Å². The zero-order valence-corrected chi connectivity index (χ0v) is 9.28. The third-order valence-corrected chi connectivity index (χ3v) is 2.70. The third kappa shape index (κ3) is 3.44. The number of carbonyl (C=O) groups is 1. The summed E-state index contributed by atoms with van der Waals surface area (Å²) in [5.41, 5.74) is 1.39. The van der Waals surface area contributed by atoms with Gasteiger partial charge in [0.2, 0.25) is 0 Å². The number of hydrogen-bond acceptors (Lipinski definition) is 3. The molecule has 0 saturated heterocycles. The Kier molecular flexibility index (Phi) is 3.85. The lowest BCUT2D eigenvalue weighted by Crippen LogP contribution is -2.03. The first kappa shape index (κ1) is 12.9. The number of Topliss-reactive ketones (excluding diaryl/α,β-unsaturated/α-hetero) is 1. The van der Waals surface area contributed by atoms with Crippen LogP contribution in [-0.2, 0) is 0 Å². The second kappa shape index (κ2) is 4.78. The number of ketones is 1. The van der Waals surface area contributed by atoms with Gasteiger partial charge < -0.3 is 5.73 Å². The zero-order valence-electron chi connectivity index (χ0n) is 8.47. The zero-order chi connectivity index (χ0) is 12.3. The number of rotatable bonds is 3. The van der Waals surface area contributed by atoms with Crippen LogP contribution in [0.25, 0.3) is 0 Å². The van der Waals surface area contributed by atoms with Crippen molar-refractivity contribution in [2.45, 2.75) is 23.7 Å². The van der Waals surface area contributed by atoms with Crippen LogP contribution in [0, 0.1) is 0 Å². The van der Waals surface area contributed by atoms with Crippen LogP contribution in [0.2, 0.25) is 0 Å². The average Bonchev–Trinajstić information content (AvgIpc) is 2.18. The second-order valence-electron chi connectivity index (χ2n) is 3.08. The van der Waals surface area contributed by atoms with E-state index in [2.05, 4.69) is 0 Å². The molecular formula is C10H10F3NOS. The summed E-state index contributed by atoms with van der Waals surface area (Å²) in [5, 5.41) is 0. The summed E-state index contributed by atoms with van der Waals surface area (Å²) in [7, 11) is 0. The number of halogens is 3. The van der Waals surface area contributed by atoms with E-state index >= 15 is 0 Å². The maximum absolute atomic E-state index is 12.1. The van der Waals surface area contributed by atoms with Crippen LogP contribution in [-0.4, -0.2) is 11.3 Å². The van der Waals surface area contributed by atoms with Crippen molar-refractivity contribution in [3.63, 3.8) is 0 Å². The van der Waals surface area contributed by atoms with E-state index in [1.54, 1.807) is 6.92 Å². The minimum atomic E-state index is -4.37. The molecule has 0 bridgehead atoms. The molecule has 0 heterocycles. The fourth-order valence-corrected chi connectivity index (χ4v) is 1.71. The molecule has 88 valence electrons. The molecular weight excluding hydrogens is 239 g/mol. The topological polar surface area (TPSA) is 43.1 Å². The summed E-state index contributed by atoms with van der Waals surface area (Å²) >= 11 is -0.281. The molecule has 1 rings (SSSR count). The van der Waals surface area contributed by atoms with Gasteiger partial charge in [-0.1, -0.05) is 13.0 Å². The van der Waals surface area contributed by atoms with Crippen molar-refractivity contribution >= 4 is 23.2 Å². The number of nitrogen functional groups attached to an aromatic ring is 1. The highest BCUT2D eigenvalue weighted by atomic mass is 32.2. The van der Waals surface area contributed by atoms with Gasteiger partial charge in [0.25, 0.3) is 0 Å². The van der Waals surface area contributed by atoms with Gasteiger partial charge in [0.15, 0.2) is 5.78 Å². The van der Waals surface area contributed by atoms with Crippen molar-refractivity contribution in [1.82, 2.24) is 0 Å². The molecule has 0 aliphatic rings. The second-order valence-corrected chi connectivity index (χ2v) is 4.18. The Morgan fingerprint density at radius 3 is 2.50 bits per heavy atom. The first-order valence-electron chi connectivity index (χ1n) is 4.52. The third-order valence-electron chi connectivity index (χ3n) is 1.88. The number of nitrogens with two attached hydrogens (primary N) is 1. The molecule has 0 aliphatic carbocycles. The van der Waals surface area contributed by atoms with E-state index in [0.29, 0.717) is 12.0 Å². The maximum Gasteiger partial charge on any atom is 0.446 e. The molecule has 6 heteroatoms. The van der Waals surface area contributed by atoms with E-state index in [4.69, 9.17) is 5.73 Å². The fraction of sp³-hybridized carbons (Fsp3) is 0.300. The van der Waals surface area contributed by atoms with Crippen molar-refractivity contribution in [3.8, 4) is 0 Å². The Morgan fingerprint density at radius 2 is 2.06 bits per heavy atom. The van der Waals surface area contributed by atoms with Gasteiger partial charge in [0.05, 0.1) is 0 Å². The predicted molar refractivity (Wildman–Crippen MR) is 57.4 cm³/mol. The Labute approximate surface area is 95.0 Å². The Morgan fingerprint density at radius 1 is 1.44 bits per heavy atom. The van der Waals surface area contributed by atoms with Crippen molar-refractivity contribution in [2.75, 3.05) is 5.73 Å². The number of anilines is 1. The lowest BCUT2D eigenvalue weighted by molar-refractivity contribution is -0.0327. The number of alkyl halides is 3. The van der Waals surface area contributed by atoms with E-state index in [1.807, 2.05) is 0 Å². The molecule has 0 saturated carbocycles. The summed E-state index contributed by atoms with van der Waals surface area (Å²) in [6.07, 6.45) is 0.297. The fourth-order valence-electron chi connectivity index (χ4n) is 1.14. The highest BCUT2D eigenvalue weighted by Crippen LogP contribution is 2.39. The normalized spacial score (nSPS) is 11.5. The SMILES string of the molecule is CCC(=O)c1ccc(SC(F)(F)F)c(N)c1. The summed E-state index contributed by atoms with van der Waals surface area (Å²) < 4.78 is 36.3. The Balaban J connectivity index is 2.96. The molecule has 0 fully saturated rings. The monoisotopic (exact) mass is 249 g/mol. The van der Waals surface area contributed by atoms with Gasteiger partial charge in [-0.15, -0.1) is 0 Å². The minimum Gasteiger partial charge on any atom is -0.398 e. The smallest absolute Gasteiger partial charge is 0.398 e. The van der Waals surface area contributed by atoms with Gasteiger partial charge in [-0.3, -0.25) is 4.79 Å². The summed E-state index contributed by atoms with van der Waals surface area (Å²) in [6.45, 7) is 1.68. The molecule has 0 radical (unpaired) electrons. The minimum absolute atomic E-state index is 0.0263. The molecule has 0 aromatic heterocycles. The first-order valence-corrected chi connectivity index (χ1v) is 5.33. The molecule has 0 aliphatic heterocycles. The van der Waals surface area contributed by atoms with Crippen molar-refractivity contribution in [2.24, 2.45) is 0 Å². The van der Waals surface area contributed by atoms with Crippen LogP contribution in [0.3, 0.4) is 0 Å². The van der Waals surface area contributed by atoms with Gasteiger partial charge in [0, 0.05) is 22.6 Å². The molecule has 0 amide bonds. The molecule has 16 heavy (non-hydrogen) atoms. The summed E-state index contributed by atoms with van der Waals surface area (Å²) in [4.78, 5) is 11.2. The average molecular weight is 249 g/mol. The molecule has 1 aromatic rings. The molecule has 0 unspecified atom stereocenters. The highest BCUT2D eigenvalue weighted by Gasteiger charge is 2.30. The highest BCUT2D eigenvalue weighted by molar-refractivity contribution is 8.00. The van der Waals surface area contributed by atoms with Crippen LogP contribution >= 0.6 is 11.8 Å². The van der Waals surface area contributed by atoms with Gasteiger partial charge >= 0.3 is 5.51 Å². The summed E-state index contributed by atoms with van der Waals surface area (Å²) in [6, 6.07) is 3.85. The molecule has 0 spiro atoms. The summed E-state index contributed by atoms with van der Waals surface area (Å²) in [5.74, 6) is -0.143. The van der Waals surface area contributed by atoms with E-state index in [0.717, 1.165) is 0 Å². The van der Waals surface area contributed by atoms with Gasteiger partial charge in [-0.2, -0.15) is 13.2 Å². The number of benzene rings is 1. The van der Waals surface area contributed by atoms with Gasteiger partial charge in [0.1, 0.15) is 0 Å². The van der Waals surface area contributed by atoms with E-state index < -0.39 is 5.51 Å². The first-order chi connectivity index (χ1) is 7.33. The standard InChI is InChI=1S/C10H10F3NOS/c1-2-8(15)6-3-4-9(7(14)5-6)16-10(11,12)13/h3-5H,2,14H2,1H3. The van der Waals surface area contributed by atoms with E-state index in [9.17, 15) is 18.0 Å². The van der Waals surface area contributed by atoms with Gasteiger partial charge in [-0.05, 0) is 23.9 Å². The maximum atomic E-state index is 12.1. The molecule has 0 atom stereocenters. The van der Waals surface area contributed by atoms with Crippen molar-refractivity contribution in [3.05, 3.63) is 23.8 Å². The van der Waals surface area contributed by atoms with Crippen LogP contribution in [0.1, 0.15) is 23.7 Å². The molecule has 2 nitrogen and oxygen atoms in total. The van der Waals surface area contributed by atoms with E-state index in [-0.39, 0.29) is 28.1 Å². The predicted octanol–water partition coefficient (Wildman–Crippen LogP) is 3.47. The largest absolute Gasteiger partial charge is 0.446 e. The van der Waals surface area contributed by atoms with Crippen molar-refractivity contribution in [1.29, 1.82) is 0 Å². The van der Waals surface area contributed by atoms with Gasteiger partial charge in [-0.25, -0.2) is 0 Å². The molecule has 1 aromatic carbocycles. The van der Waals surface area contributed by atoms with Crippen LogP contribution in [0.5, 0.6) is 0 Å². The quantitative estimate of drug-likeness (QED) is 0.506. The van der Waals surface area contributed by atoms with Crippen LogP contribution in [0.4, 0.5) is 18.9 Å². The Bertz CT molecular complexity index is 404. The number of hydrogen-bond donors (Lipinski definition) is 1.